The Kier molecular flexibility index (Phi) is 5.53. The van der Waals surface area contributed by atoms with Crippen molar-refractivity contribution in [3.8, 4) is 0 Å². The van der Waals surface area contributed by atoms with Crippen LogP contribution in [-0.4, -0.2) is 15.6 Å². The van der Waals surface area contributed by atoms with Crippen molar-refractivity contribution in [2.45, 2.75) is 52.6 Å². The Labute approximate surface area is 99.3 Å². The number of imidazole rings is 1. The van der Waals surface area contributed by atoms with Crippen molar-refractivity contribution >= 4 is 0 Å². The summed E-state index contributed by atoms with van der Waals surface area (Å²) in [5.41, 5.74) is 0. The number of aryl methyl sites for hydroxylation is 1. The average molecular weight is 223 g/mol. The normalized spacial score (nSPS) is 15.0. The van der Waals surface area contributed by atoms with E-state index in [-0.39, 0.29) is 0 Å². The van der Waals surface area contributed by atoms with Gasteiger partial charge in [-0.1, -0.05) is 27.2 Å². The smallest absolute Gasteiger partial charge is 0.122 e. The number of hydrogen-bond acceptors (Lipinski definition) is 2. The molecule has 0 bridgehead atoms. The van der Waals surface area contributed by atoms with Gasteiger partial charge in [0.05, 0.1) is 6.54 Å². The van der Waals surface area contributed by atoms with Gasteiger partial charge in [0.2, 0.25) is 0 Å². The van der Waals surface area contributed by atoms with Gasteiger partial charge in [0.1, 0.15) is 5.82 Å². The van der Waals surface area contributed by atoms with E-state index in [2.05, 4.69) is 35.6 Å². The summed E-state index contributed by atoms with van der Waals surface area (Å²) in [4.78, 5) is 4.33. The van der Waals surface area contributed by atoms with Gasteiger partial charge in [-0.25, -0.2) is 4.98 Å². The predicted molar refractivity (Wildman–Crippen MR) is 68.2 cm³/mol. The van der Waals surface area contributed by atoms with Gasteiger partial charge >= 0.3 is 0 Å². The lowest BCUT2D eigenvalue weighted by atomic mass is 9.95. The monoisotopic (exact) mass is 223 g/mol. The fourth-order valence-corrected chi connectivity index (χ4v) is 2.19. The van der Waals surface area contributed by atoms with Crippen molar-refractivity contribution in [1.29, 1.82) is 0 Å². The number of nitrogens with one attached hydrogen (secondary N) is 1. The molecule has 0 saturated carbocycles. The molecule has 0 aromatic carbocycles. The van der Waals surface area contributed by atoms with Gasteiger partial charge in [-0.3, -0.25) is 0 Å². The lowest BCUT2D eigenvalue weighted by molar-refractivity contribution is 0.340. The molecule has 1 heterocycles. The molecule has 0 fully saturated rings. The maximum atomic E-state index is 4.33. The molecular formula is C13H25N3. The highest BCUT2D eigenvalue weighted by Gasteiger charge is 2.14. The van der Waals surface area contributed by atoms with E-state index in [0.29, 0.717) is 6.04 Å². The second kappa shape index (κ2) is 6.69. The Hall–Kier alpha value is -0.830. The summed E-state index contributed by atoms with van der Waals surface area (Å²) in [6, 6.07) is 0.608. The van der Waals surface area contributed by atoms with E-state index in [4.69, 9.17) is 0 Å². The summed E-state index contributed by atoms with van der Waals surface area (Å²) >= 11 is 0. The third-order valence-corrected chi connectivity index (χ3v) is 3.31. The highest BCUT2D eigenvalue weighted by Crippen LogP contribution is 2.13. The predicted octanol–water partition coefficient (Wildman–Crippen LogP) is 2.72. The van der Waals surface area contributed by atoms with Gasteiger partial charge in [-0.2, -0.15) is 0 Å². The highest BCUT2D eigenvalue weighted by molar-refractivity contribution is 4.91. The Morgan fingerprint density at radius 3 is 2.69 bits per heavy atom. The maximum absolute atomic E-state index is 4.33. The lowest BCUT2D eigenvalue weighted by Crippen LogP contribution is -2.34. The molecule has 0 aliphatic carbocycles. The van der Waals surface area contributed by atoms with E-state index in [1.165, 1.54) is 19.3 Å². The van der Waals surface area contributed by atoms with Crippen molar-refractivity contribution in [2.24, 2.45) is 13.0 Å². The topological polar surface area (TPSA) is 29.9 Å². The molecule has 1 aromatic rings. The van der Waals surface area contributed by atoms with Crippen LogP contribution in [0.4, 0.5) is 0 Å². The molecule has 0 saturated heterocycles. The zero-order valence-corrected chi connectivity index (χ0v) is 11.0. The van der Waals surface area contributed by atoms with Crippen LogP contribution >= 0.6 is 0 Å². The van der Waals surface area contributed by atoms with Crippen molar-refractivity contribution < 1.29 is 0 Å². The fourth-order valence-electron chi connectivity index (χ4n) is 2.19. The first-order chi connectivity index (χ1) is 7.69. The van der Waals surface area contributed by atoms with Crippen LogP contribution in [0.3, 0.4) is 0 Å². The van der Waals surface area contributed by atoms with Crippen LogP contribution in [0.2, 0.25) is 0 Å². The van der Waals surface area contributed by atoms with E-state index in [1.54, 1.807) is 0 Å². The second-order valence-electron chi connectivity index (χ2n) is 4.62. The van der Waals surface area contributed by atoms with Crippen LogP contribution in [-0.2, 0) is 13.6 Å². The molecule has 1 rings (SSSR count). The number of rotatable bonds is 7. The van der Waals surface area contributed by atoms with Crippen molar-refractivity contribution in [2.75, 3.05) is 0 Å². The minimum atomic E-state index is 0.608. The molecule has 0 amide bonds. The molecule has 16 heavy (non-hydrogen) atoms. The molecule has 3 nitrogen and oxygen atoms in total. The summed E-state index contributed by atoms with van der Waals surface area (Å²) in [6.45, 7) is 7.71. The first-order valence-electron chi connectivity index (χ1n) is 6.38. The van der Waals surface area contributed by atoms with Gasteiger partial charge in [-0.05, 0) is 18.8 Å². The van der Waals surface area contributed by atoms with Crippen LogP contribution in [0.5, 0.6) is 0 Å². The molecule has 0 aliphatic rings. The zero-order chi connectivity index (χ0) is 12.0. The van der Waals surface area contributed by atoms with Crippen LogP contribution < -0.4 is 5.32 Å². The van der Waals surface area contributed by atoms with Gasteiger partial charge in [0.25, 0.3) is 0 Å². The van der Waals surface area contributed by atoms with E-state index in [1.807, 2.05) is 19.4 Å². The van der Waals surface area contributed by atoms with E-state index < -0.39 is 0 Å². The molecule has 2 atom stereocenters. The largest absolute Gasteiger partial charge is 0.337 e. The summed E-state index contributed by atoms with van der Waals surface area (Å²) < 4.78 is 2.07. The summed E-state index contributed by atoms with van der Waals surface area (Å²) in [5, 5.41) is 3.61. The SMILES string of the molecule is CCCC(C)C(CC)NCc1nccn1C. The third kappa shape index (κ3) is 3.63. The van der Waals surface area contributed by atoms with E-state index >= 15 is 0 Å². The first kappa shape index (κ1) is 13.2. The standard InChI is InChI=1S/C13H25N3/c1-5-7-11(3)12(6-2)15-10-13-14-8-9-16(13)4/h8-9,11-12,15H,5-7,10H2,1-4H3. The van der Waals surface area contributed by atoms with Crippen molar-refractivity contribution in [3.63, 3.8) is 0 Å². The molecule has 0 radical (unpaired) electrons. The molecule has 92 valence electrons. The first-order valence-corrected chi connectivity index (χ1v) is 6.38. The summed E-state index contributed by atoms with van der Waals surface area (Å²) in [7, 11) is 2.04. The Balaban J connectivity index is 2.42. The highest BCUT2D eigenvalue weighted by atomic mass is 15.1. The number of nitrogens with zero attached hydrogens (tertiary/aromatic N) is 2. The molecule has 1 aromatic heterocycles. The molecule has 1 N–H and O–H groups in total. The van der Waals surface area contributed by atoms with Crippen LogP contribution in [0.15, 0.2) is 12.4 Å². The van der Waals surface area contributed by atoms with E-state index in [9.17, 15) is 0 Å². The minimum absolute atomic E-state index is 0.608. The van der Waals surface area contributed by atoms with Gasteiger partial charge in [0, 0.05) is 25.5 Å². The maximum Gasteiger partial charge on any atom is 0.122 e. The molecule has 0 spiro atoms. The van der Waals surface area contributed by atoms with Crippen LogP contribution in [0.1, 0.15) is 45.9 Å². The molecule has 3 heteroatoms. The van der Waals surface area contributed by atoms with Crippen LogP contribution in [0.25, 0.3) is 0 Å². The zero-order valence-electron chi connectivity index (χ0n) is 11.0. The minimum Gasteiger partial charge on any atom is -0.337 e. The third-order valence-electron chi connectivity index (χ3n) is 3.31. The Morgan fingerprint density at radius 1 is 1.44 bits per heavy atom. The van der Waals surface area contributed by atoms with Crippen LogP contribution in [0, 0.1) is 5.92 Å². The van der Waals surface area contributed by atoms with Gasteiger partial charge in [0.15, 0.2) is 0 Å². The van der Waals surface area contributed by atoms with Gasteiger partial charge in [-0.15, -0.1) is 0 Å². The molecule has 2 unspecified atom stereocenters. The fraction of sp³-hybridized carbons (Fsp3) is 0.769. The quantitative estimate of drug-likeness (QED) is 0.770. The Bertz CT molecular complexity index is 293. The lowest BCUT2D eigenvalue weighted by Gasteiger charge is -2.23. The summed E-state index contributed by atoms with van der Waals surface area (Å²) in [6.07, 6.45) is 7.60. The average Bonchev–Trinajstić information content (AvgIpc) is 2.66. The number of aromatic nitrogens is 2. The van der Waals surface area contributed by atoms with E-state index in [0.717, 1.165) is 18.3 Å². The van der Waals surface area contributed by atoms with Crippen molar-refractivity contribution in [1.82, 2.24) is 14.9 Å². The molecule has 0 aliphatic heterocycles. The van der Waals surface area contributed by atoms with Gasteiger partial charge < -0.3 is 9.88 Å². The Morgan fingerprint density at radius 2 is 2.19 bits per heavy atom. The van der Waals surface area contributed by atoms with Crippen molar-refractivity contribution in [3.05, 3.63) is 18.2 Å². The summed E-state index contributed by atoms with van der Waals surface area (Å²) in [5.74, 6) is 1.86. The number of hydrogen-bond donors (Lipinski definition) is 1. The second-order valence-corrected chi connectivity index (χ2v) is 4.62. The molecular weight excluding hydrogens is 198 g/mol.